The topological polar surface area (TPSA) is 78.4 Å². The molecular formula is C27H28ClFN2O5. The van der Waals surface area contributed by atoms with Gasteiger partial charge in [0.05, 0.1) is 31.1 Å². The zero-order valence-electron chi connectivity index (χ0n) is 20.3. The molecule has 0 atom stereocenters. The zero-order chi connectivity index (χ0) is 25.9. The van der Waals surface area contributed by atoms with E-state index in [0.717, 1.165) is 0 Å². The molecule has 9 heteroatoms. The van der Waals surface area contributed by atoms with Crippen molar-refractivity contribution in [3.63, 3.8) is 0 Å². The fraction of sp³-hybridized carbons (Fsp3) is 0.259. The number of carbonyl (C=O) groups excluding carboxylic acids is 1. The minimum absolute atomic E-state index is 0.118. The molecule has 0 fully saturated rings. The number of benzene rings is 3. The molecule has 3 rings (SSSR count). The fourth-order valence-corrected chi connectivity index (χ4v) is 3.54. The minimum atomic E-state index is -0.415. The van der Waals surface area contributed by atoms with E-state index >= 15 is 0 Å². The second kappa shape index (κ2) is 13.3. The van der Waals surface area contributed by atoms with Crippen LogP contribution in [0, 0.1) is 5.82 Å². The zero-order valence-corrected chi connectivity index (χ0v) is 21.1. The number of ether oxygens (including phenoxy) is 4. The molecule has 0 spiro atoms. The van der Waals surface area contributed by atoms with Gasteiger partial charge < -0.3 is 18.9 Å². The molecule has 3 aromatic carbocycles. The Hall–Kier alpha value is -3.78. The third-order valence-corrected chi connectivity index (χ3v) is 5.07. The highest BCUT2D eigenvalue weighted by Gasteiger charge is 2.14. The van der Waals surface area contributed by atoms with Gasteiger partial charge in [0.1, 0.15) is 12.4 Å². The average molecular weight is 515 g/mol. The molecule has 0 aliphatic rings. The Morgan fingerprint density at radius 2 is 1.64 bits per heavy atom. The first-order chi connectivity index (χ1) is 17.4. The fourth-order valence-electron chi connectivity index (χ4n) is 3.27. The monoisotopic (exact) mass is 514 g/mol. The Morgan fingerprint density at radius 3 is 2.36 bits per heavy atom. The maximum Gasteiger partial charge on any atom is 0.271 e. The molecule has 0 saturated heterocycles. The summed E-state index contributed by atoms with van der Waals surface area (Å²) in [6.45, 7) is 6.98. The normalized spacial score (nSPS) is 10.8. The van der Waals surface area contributed by atoms with E-state index in [2.05, 4.69) is 10.5 Å². The number of nitrogens with zero attached hydrogens (tertiary/aromatic N) is 1. The van der Waals surface area contributed by atoms with Crippen LogP contribution >= 0.6 is 11.6 Å². The van der Waals surface area contributed by atoms with Crippen molar-refractivity contribution in [1.29, 1.82) is 0 Å². The minimum Gasteiger partial charge on any atom is -0.490 e. The molecule has 0 radical (unpaired) electrons. The van der Waals surface area contributed by atoms with E-state index in [1.54, 1.807) is 42.5 Å². The van der Waals surface area contributed by atoms with Crippen LogP contribution in [0.2, 0.25) is 5.02 Å². The van der Waals surface area contributed by atoms with E-state index in [-0.39, 0.29) is 17.4 Å². The molecule has 0 heterocycles. The van der Waals surface area contributed by atoms with E-state index in [1.807, 2.05) is 20.8 Å². The highest BCUT2D eigenvalue weighted by Crippen LogP contribution is 2.37. The summed E-state index contributed by atoms with van der Waals surface area (Å²) < 4.78 is 36.0. The number of amides is 1. The van der Waals surface area contributed by atoms with Crippen LogP contribution in [0.5, 0.6) is 23.0 Å². The number of hydrazone groups is 1. The number of hydrogen-bond acceptors (Lipinski definition) is 6. The third kappa shape index (κ3) is 7.36. The molecule has 0 aliphatic carbocycles. The Labute approximate surface area is 214 Å². The summed E-state index contributed by atoms with van der Waals surface area (Å²) in [5.74, 6) is 1.03. The van der Waals surface area contributed by atoms with Gasteiger partial charge in [0.25, 0.3) is 5.91 Å². The maximum absolute atomic E-state index is 13.4. The number of carbonyl (C=O) groups is 1. The van der Waals surface area contributed by atoms with E-state index in [0.29, 0.717) is 59.5 Å². The molecule has 1 N–H and O–H groups in total. The highest BCUT2D eigenvalue weighted by molar-refractivity contribution is 6.32. The van der Waals surface area contributed by atoms with Crippen LogP contribution in [0.25, 0.3) is 0 Å². The van der Waals surface area contributed by atoms with Gasteiger partial charge in [0.15, 0.2) is 23.0 Å². The Kier molecular flexibility index (Phi) is 9.94. The summed E-state index contributed by atoms with van der Waals surface area (Å²) in [5.41, 5.74) is 4.10. The van der Waals surface area contributed by atoms with Gasteiger partial charge in [-0.05, 0) is 74.4 Å². The van der Waals surface area contributed by atoms with E-state index in [1.165, 1.54) is 18.3 Å². The molecule has 3 aromatic rings. The maximum atomic E-state index is 13.4. The lowest BCUT2D eigenvalue weighted by Gasteiger charge is -2.14. The summed E-state index contributed by atoms with van der Waals surface area (Å²) in [6, 6.07) is 14.4. The lowest BCUT2D eigenvalue weighted by atomic mass is 10.2. The first-order valence-electron chi connectivity index (χ1n) is 11.5. The Bertz CT molecular complexity index is 1220. The second-order valence-corrected chi connectivity index (χ2v) is 7.82. The van der Waals surface area contributed by atoms with Crippen LogP contribution in [0.15, 0.2) is 59.7 Å². The van der Waals surface area contributed by atoms with E-state index in [9.17, 15) is 9.18 Å². The molecule has 36 heavy (non-hydrogen) atoms. The summed E-state index contributed by atoms with van der Waals surface area (Å²) in [7, 11) is 0. The first-order valence-corrected chi connectivity index (χ1v) is 11.9. The summed E-state index contributed by atoms with van der Waals surface area (Å²) in [5, 5.41) is 4.32. The van der Waals surface area contributed by atoms with Gasteiger partial charge in [-0.1, -0.05) is 23.7 Å². The number of hydrogen-bond donors (Lipinski definition) is 1. The van der Waals surface area contributed by atoms with Crippen molar-refractivity contribution in [2.24, 2.45) is 5.10 Å². The first kappa shape index (κ1) is 26.8. The molecule has 1 amide bonds. The molecular weight excluding hydrogens is 487 g/mol. The molecule has 0 aliphatic heterocycles. The van der Waals surface area contributed by atoms with Gasteiger partial charge in [-0.25, -0.2) is 9.82 Å². The number of halogens is 2. The van der Waals surface area contributed by atoms with Crippen molar-refractivity contribution in [1.82, 2.24) is 5.43 Å². The van der Waals surface area contributed by atoms with Gasteiger partial charge in [-0.2, -0.15) is 5.10 Å². The SMILES string of the molecule is CCOc1ccc(C(=O)N/N=C/c2cc(Cl)c(OCc3cccc(F)c3)c(OCC)c2)cc1OCC. The van der Waals surface area contributed by atoms with Crippen molar-refractivity contribution in [2.45, 2.75) is 27.4 Å². The van der Waals surface area contributed by atoms with Crippen LogP contribution in [0.3, 0.4) is 0 Å². The average Bonchev–Trinajstić information content (AvgIpc) is 2.85. The summed E-state index contributed by atoms with van der Waals surface area (Å²) in [4.78, 5) is 12.6. The van der Waals surface area contributed by atoms with Crippen molar-refractivity contribution in [3.05, 3.63) is 82.1 Å². The molecule has 0 unspecified atom stereocenters. The van der Waals surface area contributed by atoms with Gasteiger partial charge in [0, 0.05) is 5.56 Å². The molecule has 0 aromatic heterocycles. The van der Waals surface area contributed by atoms with Gasteiger partial charge in [-0.15, -0.1) is 0 Å². The van der Waals surface area contributed by atoms with E-state index in [4.69, 9.17) is 30.5 Å². The van der Waals surface area contributed by atoms with Crippen LogP contribution in [0.1, 0.15) is 42.3 Å². The standard InChI is InChI=1S/C27H28ClFN2O5/c1-4-33-23-11-10-20(15-24(23)34-5-2)27(32)31-30-16-19-13-22(28)26(25(14-19)35-6-3)36-17-18-8-7-9-21(29)12-18/h7-16H,4-6,17H2,1-3H3,(H,31,32)/b30-16+. The highest BCUT2D eigenvalue weighted by atomic mass is 35.5. The molecule has 7 nitrogen and oxygen atoms in total. The third-order valence-electron chi connectivity index (χ3n) is 4.79. The van der Waals surface area contributed by atoms with Crippen molar-refractivity contribution in [3.8, 4) is 23.0 Å². The smallest absolute Gasteiger partial charge is 0.271 e. The van der Waals surface area contributed by atoms with E-state index < -0.39 is 5.91 Å². The predicted molar refractivity (Wildman–Crippen MR) is 137 cm³/mol. The molecule has 0 bridgehead atoms. The molecule has 0 saturated carbocycles. The summed E-state index contributed by atoms with van der Waals surface area (Å²) in [6.07, 6.45) is 1.45. The van der Waals surface area contributed by atoms with Gasteiger partial charge in [-0.3, -0.25) is 4.79 Å². The van der Waals surface area contributed by atoms with Crippen molar-refractivity contribution < 1.29 is 28.1 Å². The Morgan fingerprint density at radius 1 is 0.917 bits per heavy atom. The largest absolute Gasteiger partial charge is 0.490 e. The number of nitrogens with one attached hydrogen (secondary N) is 1. The van der Waals surface area contributed by atoms with Gasteiger partial charge in [0.2, 0.25) is 0 Å². The lowest BCUT2D eigenvalue weighted by Crippen LogP contribution is -2.17. The van der Waals surface area contributed by atoms with Gasteiger partial charge >= 0.3 is 0 Å². The van der Waals surface area contributed by atoms with Crippen molar-refractivity contribution in [2.75, 3.05) is 19.8 Å². The lowest BCUT2D eigenvalue weighted by molar-refractivity contribution is 0.0954. The predicted octanol–water partition coefficient (Wildman–Crippen LogP) is 6.02. The molecule has 190 valence electrons. The quantitative estimate of drug-likeness (QED) is 0.236. The Balaban J connectivity index is 1.71. The summed E-state index contributed by atoms with van der Waals surface area (Å²) >= 11 is 6.44. The van der Waals surface area contributed by atoms with Crippen LogP contribution in [0.4, 0.5) is 4.39 Å². The second-order valence-electron chi connectivity index (χ2n) is 7.41. The van der Waals surface area contributed by atoms with Crippen molar-refractivity contribution >= 4 is 23.7 Å². The van der Waals surface area contributed by atoms with Crippen LogP contribution < -0.4 is 24.4 Å². The van der Waals surface area contributed by atoms with Crippen LogP contribution in [-0.4, -0.2) is 31.9 Å². The number of rotatable bonds is 12. The van der Waals surface area contributed by atoms with Crippen LogP contribution in [-0.2, 0) is 6.61 Å².